The van der Waals surface area contributed by atoms with Crippen molar-refractivity contribution in [2.24, 2.45) is 11.8 Å². The van der Waals surface area contributed by atoms with Gasteiger partial charge in [-0.25, -0.2) is 13.2 Å². The van der Waals surface area contributed by atoms with E-state index in [9.17, 15) is 35.9 Å². The molecule has 1 saturated heterocycles. The van der Waals surface area contributed by atoms with E-state index in [0.717, 1.165) is 42.1 Å². The van der Waals surface area contributed by atoms with Crippen LogP contribution in [0.1, 0.15) is 46.9 Å². The van der Waals surface area contributed by atoms with Gasteiger partial charge in [0.25, 0.3) is 17.4 Å². The molecule has 1 amide bonds. The average Bonchev–Trinajstić information content (AvgIpc) is 3.54. The number of benzene rings is 1. The van der Waals surface area contributed by atoms with Crippen LogP contribution in [0.4, 0.5) is 32.0 Å². The van der Waals surface area contributed by atoms with Crippen LogP contribution in [0.5, 0.6) is 0 Å². The number of likely N-dealkylation sites (tertiary alicyclic amines) is 1. The Morgan fingerprint density at radius 3 is 2.42 bits per heavy atom. The van der Waals surface area contributed by atoms with E-state index in [1.165, 1.54) is 6.92 Å². The third kappa shape index (κ3) is 4.35. The number of halogens is 6. The molecule has 0 bridgehead atoms. The van der Waals surface area contributed by atoms with Crippen molar-refractivity contribution in [3.63, 3.8) is 0 Å². The zero-order valence-corrected chi connectivity index (χ0v) is 19.4. The van der Waals surface area contributed by atoms with Crippen LogP contribution in [0.2, 0.25) is 0 Å². The Morgan fingerprint density at radius 1 is 1.19 bits per heavy atom. The predicted molar refractivity (Wildman–Crippen MR) is 118 cm³/mol. The van der Waals surface area contributed by atoms with Gasteiger partial charge in [0.2, 0.25) is 0 Å². The molecule has 3 fully saturated rings. The topological polar surface area (TPSA) is 66.4 Å². The zero-order valence-electron chi connectivity index (χ0n) is 19.4. The molecule has 194 valence electrons. The second-order valence-corrected chi connectivity index (χ2v) is 9.95. The van der Waals surface area contributed by atoms with E-state index in [1.807, 2.05) is 7.05 Å². The van der Waals surface area contributed by atoms with Crippen LogP contribution in [0, 0.1) is 17.7 Å². The molecule has 36 heavy (non-hydrogen) atoms. The van der Waals surface area contributed by atoms with E-state index in [-0.39, 0.29) is 22.9 Å². The number of alkyl halides is 5. The first kappa shape index (κ1) is 24.7. The molecule has 6 nitrogen and oxygen atoms in total. The highest BCUT2D eigenvalue weighted by molar-refractivity contribution is 5.99. The summed E-state index contributed by atoms with van der Waals surface area (Å²) in [6.45, 7) is 2.98. The first-order chi connectivity index (χ1) is 16.8. The van der Waals surface area contributed by atoms with E-state index in [0.29, 0.717) is 17.9 Å². The molecule has 1 unspecified atom stereocenters. The van der Waals surface area contributed by atoms with Crippen LogP contribution < -0.4 is 16.2 Å². The summed E-state index contributed by atoms with van der Waals surface area (Å²) in [7, 11) is 1.98. The maximum atomic E-state index is 14.6. The molecule has 2 saturated carbocycles. The lowest BCUT2D eigenvalue weighted by Gasteiger charge is -2.20. The Hall–Kier alpha value is -3.02. The van der Waals surface area contributed by atoms with Gasteiger partial charge in [-0.15, -0.1) is 0 Å². The maximum absolute atomic E-state index is 14.6. The molecule has 5 atom stereocenters. The van der Waals surface area contributed by atoms with Gasteiger partial charge in [-0.3, -0.25) is 9.59 Å². The van der Waals surface area contributed by atoms with Crippen molar-refractivity contribution in [3.05, 3.63) is 63.3 Å². The number of fused-ring (bicyclic) bond motifs is 1. The first-order valence-corrected chi connectivity index (χ1v) is 11.5. The minimum Gasteiger partial charge on any atom is -0.381 e. The van der Waals surface area contributed by atoms with Gasteiger partial charge in [-0.05, 0) is 31.9 Å². The summed E-state index contributed by atoms with van der Waals surface area (Å²) in [5.41, 5.74) is -2.50. The van der Waals surface area contributed by atoms with Gasteiger partial charge in [0.1, 0.15) is 11.9 Å². The second-order valence-electron chi connectivity index (χ2n) is 9.95. The van der Waals surface area contributed by atoms with Crippen LogP contribution >= 0.6 is 0 Å². The number of carbonyl (C=O) groups is 1. The fourth-order valence-corrected chi connectivity index (χ4v) is 5.18. The number of aromatic nitrogens is 1. The minimum absolute atomic E-state index is 0.00343. The molecule has 0 spiro atoms. The number of nitrogens with one attached hydrogen (secondary N) is 2. The molecule has 1 aliphatic heterocycles. The molecule has 1 aromatic heterocycles. The number of hydrogen-bond donors (Lipinski definition) is 2. The van der Waals surface area contributed by atoms with Crippen LogP contribution in [0.3, 0.4) is 0 Å². The second kappa shape index (κ2) is 8.25. The largest absolute Gasteiger partial charge is 0.419 e. The molecule has 2 aromatic rings. The maximum Gasteiger partial charge on any atom is 0.419 e. The highest BCUT2D eigenvalue weighted by Gasteiger charge is 2.59. The van der Waals surface area contributed by atoms with Crippen molar-refractivity contribution in [1.29, 1.82) is 0 Å². The van der Waals surface area contributed by atoms with Gasteiger partial charge in [-0.1, -0.05) is 12.1 Å². The number of pyridine rings is 1. The van der Waals surface area contributed by atoms with Gasteiger partial charge in [0, 0.05) is 43.4 Å². The number of nitrogens with zero attached hydrogens (tertiary/aromatic N) is 2. The molecular weight excluding hydrogens is 490 g/mol. The summed E-state index contributed by atoms with van der Waals surface area (Å²) in [5, 5.41) is 5.63. The van der Waals surface area contributed by atoms with E-state index in [2.05, 4.69) is 15.5 Å². The summed E-state index contributed by atoms with van der Waals surface area (Å²) in [6, 6.07) is 1.31. The molecule has 5 rings (SSSR count). The number of piperidine rings is 1. The fraction of sp³-hybridized carbons (Fsp3) is 0.500. The van der Waals surface area contributed by atoms with Crippen molar-refractivity contribution in [1.82, 2.24) is 14.8 Å². The summed E-state index contributed by atoms with van der Waals surface area (Å²) in [5.74, 6) is -4.77. The lowest BCUT2D eigenvalue weighted by molar-refractivity contribution is -0.140. The van der Waals surface area contributed by atoms with E-state index in [1.54, 1.807) is 0 Å². The standard InChI is InChI=1S/C24H24F6N4O2/c1-11(12-4-3-5-16(20(12)25)24(28,29)30)31-22(36)15-10-34(18-7-23(18,26)27)19(35)6-17(15)32-21-13-8-33(2)9-14(13)21/h3-6,10-11,13-14,18,21,32H,7-9H2,1-2H3,(H,31,36)/t11-,13-,14+,18-,21?/m1/s1. The van der Waals surface area contributed by atoms with Gasteiger partial charge in [-0.2, -0.15) is 13.2 Å². The quantitative estimate of drug-likeness (QED) is 0.571. The van der Waals surface area contributed by atoms with Gasteiger partial charge >= 0.3 is 6.18 Å². The SMILES string of the molecule is C[C@@H](NC(=O)c1cn([C@@H]2CC2(F)F)c(=O)cc1NC1[C@H]2CN(C)C[C@@H]12)c1cccc(C(F)(F)F)c1F. The molecule has 12 heteroatoms. The van der Waals surface area contributed by atoms with Gasteiger partial charge < -0.3 is 20.1 Å². The third-order valence-electron chi connectivity index (χ3n) is 7.30. The highest BCUT2D eigenvalue weighted by atomic mass is 19.4. The first-order valence-electron chi connectivity index (χ1n) is 11.5. The Balaban J connectivity index is 1.43. The van der Waals surface area contributed by atoms with Crippen molar-refractivity contribution in [2.75, 3.05) is 25.5 Å². The van der Waals surface area contributed by atoms with Crippen LogP contribution in [0.15, 0.2) is 35.3 Å². The lowest BCUT2D eigenvalue weighted by Crippen LogP contribution is -2.32. The number of hydrogen-bond acceptors (Lipinski definition) is 4. The molecule has 3 aliphatic rings. The predicted octanol–water partition coefficient (Wildman–Crippen LogP) is 4.05. The van der Waals surface area contributed by atoms with Crippen LogP contribution in [0.25, 0.3) is 0 Å². The number of anilines is 1. The van der Waals surface area contributed by atoms with E-state index >= 15 is 0 Å². The van der Waals surface area contributed by atoms with E-state index in [4.69, 9.17) is 0 Å². The smallest absolute Gasteiger partial charge is 0.381 e. The molecule has 2 N–H and O–H groups in total. The number of amides is 1. The Kier molecular flexibility index (Phi) is 5.66. The number of rotatable bonds is 6. The zero-order chi connectivity index (χ0) is 26.2. The summed E-state index contributed by atoms with van der Waals surface area (Å²) < 4.78 is 82.2. The molecule has 2 heterocycles. The monoisotopic (exact) mass is 514 g/mol. The average molecular weight is 514 g/mol. The van der Waals surface area contributed by atoms with Crippen molar-refractivity contribution in [3.8, 4) is 0 Å². The lowest BCUT2D eigenvalue weighted by atomic mass is 10.0. The summed E-state index contributed by atoms with van der Waals surface area (Å²) in [4.78, 5) is 28.0. The third-order valence-corrected chi connectivity index (χ3v) is 7.30. The van der Waals surface area contributed by atoms with Crippen LogP contribution in [-0.4, -0.2) is 47.5 Å². The van der Waals surface area contributed by atoms with Crippen LogP contribution in [-0.2, 0) is 6.18 Å². The molecule has 1 aromatic carbocycles. The van der Waals surface area contributed by atoms with Crippen molar-refractivity contribution in [2.45, 2.75) is 43.6 Å². The molecule has 2 aliphatic carbocycles. The summed E-state index contributed by atoms with van der Waals surface area (Å²) in [6.07, 6.45) is -4.40. The Morgan fingerprint density at radius 2 is 1.83 bits per heavy atom. The van der Waals surface area contributed by atoms with Crippen molar-refractivity contribution >= 4 is 11.6 Å². The molecular formula is C24H24F6N4O2. The van der Waals surface area contributed by atoms with E-state index < -0.39 is 53.5 Å². The van der Waals surface area contributed by atoms with Gasteiger partial charge in [0.15, 0.2) is 0 Å². The minimum atomic E-state index is -4.91. The Bertz CT molecular complexity index is 1260. The van der Waals surface area contributed by atoms with Crippen molar-refractivity contribution < 1.29 is 31.1 Å². The summed E-state index contributed by atoms with van der Waals surface area (Å²) >= 11 is 0. The normalized spacial score (nSPS) is 27.3. The number of carbonyl (C=O) groups excluding carboxylic acids is 1. The van der Waals surface area contributed by atoms with Gasteiger partial charge in [0.05, 0.1) is 22.9 Å². The molecule has 0 radical (unpaired) electrons. The highest BCUT2D eigenvalue weighted by Crippen LogP contribution is 2.52. The fourth-order valence-electron chi connectivity index (χ4n) is 5.18. The Labute approximate surface area is 202 Å².